The maximum absolute atomic E-state index is 12.6. The van der Waals surface area contributed by atoms with Crippen LogP contribution in [0.1, 0.15) is 136 Å². The summed E-state index contributed by atoms with van der Waals surface area (Å²) in [4.78, 5) is 49.8. The number of ketones is 2. The molecular formula is C57H68O12. The number of carboxylic acid groups (broad SMARTS) is 2. The first-order valence-electron chi connectivity index (χ1n) is 24.9. The number of fused-ring (bicyclic) bond motifs is 2. The zero-order valence-corrected chi connectivity index (χ0v) is 41.1. The Balaban J connectivity index is 0.000000186. The number of carbonyl (C=O) groups excluding carboxylic acids is 2. The van der Waals surface area contributed by atoms with Crippen molar-refractivity contribution in [1.29, 1.82) is 0 Å². The van der Waals surface area contributed by atoms with Crippen LogP contribution in [0, 0.1) is 28.6 Å². The Bertz CT molecular complexity index is 2560. The number of carboxylic acids is 2. The summed E-state index contributed by atoms with van der Waals surface area (Å²) in [7, 11) is 6.27. The van der Waals surface area contributed by atoms with Gasteiger partial charge in [-0.1, -0.05) is 87.8 Å². The monoisotopic (exact) mass is 944 g/mol. The minimum absolute atomic E-state index is 0.0913. The molecule has 12 nitrogen and oxygen atoms in total. The lowest BCUT2D eigenvalue weighted by Gasteiger charge is -2.50. The average molecular weight is 945 g/mol. The SMILES string of the molecule is COc1ccc(-c2cccc3c2CCC3=O)c(OC(C2CCCCC2)C(C)(C)C(=O)O)c1OC.COc1ccc(-c2cccc3c2CCC3=O)c(OCC2(C(=O)O)CCC2C2CCCCC2)c1OC. The number of aliphatic carboxylic acids is 2. The Labute approximate surface area is 406 Å². The molecule has 69 heavy (non-hydrogen) atoms. The third-order valence-corrected chi connectivity index (χ3v) is 16.1. The van der Waals surface area contributed by atoms with Crippen molar-refractivity contribution in [3.63, 3.8) is 0 Å². The molecule has 0 aromatic heterocycles. The van der Waals surface area contributed by atoms with Crippen molar-refractivity contribution < 1.29 is 57.8 Å². The average Bonchev–Trinajstić information content (AvgIpc) is 3.94. The molecule has 3 atom stereocenters. The van der Waals surface area contributed by atoms with E-state index >= 15 is 0 Å². The molecule has 0 bridgehead atoms. The molecule has 0 heterocycles. The number of carbonyl (C=O) groups is 4. The van der Waals surface area contributed by atoms with E-state index in [2.05, 4.69) is 0 Å². The molecule has 4 aromatic rings. The standard InChI is InChI=1S/C29H34O6.C28H34O6/c1-33-25-14-12-22(19-9-6-10-21-20(19)11-13-24(21)30)26(27(25)34-2)35-17-29(28(31)32)16-15-23(29)18-7-4-3-5-8-18;1-28(2,27(30)31)26(17-9-6-5-7-10-17)34-24-21(14-16-23(32-3)25(24)33-4)18-11-8-12-20-19(18)13-15-22(20)29/h6,9-10,12,14,18,23H,3-5,7-8,11,13,15-17H2,1-2H3,(H,31,32);8,11-12,14,16-17,26H,5-7,9-10,13,15H2,1-4H3,(H,30,31). The molecule has 0 spiro atoms. The smallest absolute Gasteiger partial charge is 0.313 e. The van der Waals surface area contributed by atoms with E-state index in [1.807, 2.05) is 60.7 Å². The van der Waals surface area contributed by atoms with Gasteiger partial charge in [-0.05, 0) is 117 Å². The highest BCUT2D eigenvalue weighted by Crippen LogP contribution is 2.56. The van der Waals surface area contributed by atoms with Gasteiger partial charge in [0.1, 0.15) is 18.1 Å². The van der Waals surface area contributed by atoms with Crippen molar-refractivity contribution in [1.82, 2.24) is 0 Å². The van der Waals surface area contributed by atoms with Crippen LogP contribution in [0.25, 0.3) is 22.3 Å². The molecule has 2 N–H and O–H groups in total. The number of ether oxygens (including phenoxy) is 6. The third-order valence-electron chi connectivity index (χ3n) is 16.1. The largest absolute Gasteiger partial charge is 0.493 e. The van der Waals surface area contributed by atoms with E-state index in [1.165, 1.54) is 19.3 Å². The Morgan fingerprint density at radius 3 is 1.55 bits per heavy atom. The number of methoxy groups -OCH3 is 4. The molecule has 3 saturated carbocycles. The molecule has 5 aliphatic carbocycles. The normalized spacial score (nSPS) is 20.6. The molecule has 0 aliphatic heterocycles. The highest BCUT2D eigenvalue weighted by molar-refractivity contribution is 6.03. The van der Waals surface area contributed by atoms with Crippen molar-refractivity contribution in [2.75, 3.05) is 35.0 Å². The van der Waals surface area contributed by atoms with Crippen LogP contribution in [-0.2, 0) is 22.4 Å². The van der Waals surface area contributed by atoms with Crippen molar-refractivity contribution >= 4 is 23.5 Å². The first-order chi connectivity index (χ1) is 33.3. The second-order valence-corrected chi connectivity index (χ2v) is 20.1. The fraction of sp³-hybridized carbons (Fsp3) is 0.509. The van der Waals surface area contributed by atoms with E-state index in [1.54, 1.807) is 42.3 Å². The van der Waals surface area contributed by atoms with Gasteiger partial charge in [-0.15, -0.1) is 0 Å². The van der Waals surface area contributed by atoms with Crippen LogP contribution in [0.15, 0.2) is 60.7 Å². The summed E-state index contributed by atoms with van der Waals surface area (Å²) < 4.78 is 35.8. The summed E-state index contributed by atoms with van der Waals surface area (Å²) in [6, 6.07) is 19.0. The lowest BCUT2D eigenvalue weighted by Crippen LogP contribution is -2.54. The van der Waals surface area contributed by atoms with E-state index < -0.39 is 28.9 Å². The minimum Gasteiger partial charge on any atom is -0.493 e. The van der Waals surface area contributed by atoms with Crippen molar-refractivity contribution in [2.45, 2.75) is 123 Å². The zero-order chi connectivity index (χ0) is 49.0. The van der Waals surface area contributed by atoms with E-state index in [0.29, 0.717) is 72.5 Å². The molecule has 3 unspecified atom stereocenters. The van der Waals surface area contributed by atoms with E-state index in [4.69, 9.17) is 28.4 Å². The molecule has 0 radical (unpaired) electrons. The second-order valence-electron chi connectivity index (χ2n) is 20.1. The van der Waals surface area contributed by atoms with Gasteiger partial charge in [0, 0.05) is 35.1 Å². The summed E-state index contributed by atoms with van der Waals surface area (Å²) in [5.41, 5.74) is 4.91. The predicted octanol–water partition coefficient (Wildman–Crippen LogP) is 11.9. The van der Waals surface area contributed by atoms with E-state index in [9.17, 15) is 29.4 Å². The number of hydrogen-bond acceptors (Lipinski definition) is 10. The molecule has 4 aromatic carbocycles. The summed E-state index contributed by atoms with van der Waals surface area (Å²) in [6.07, 6.45) is 14.3. The maximum atomic E-state index is 12.6. The lowest BCUT2D eigenvalue weighted by molar-refractivity contribution is -0.170. The van der Waals surface area contributed by atoms with Crippen LogP contribution in [0.4, 0.5) is 0 Å². The zero-order valence-electron chi connectivity index (χ0n) is 41.1. The van der Waals surface area contributed by atoms with Crippen molar-refractivity contribution in [2.24, 2.45) is 28.6 Å². The molecule has 368 valence electrons. The molecule has 3 fully saturated rings. The molecular weight excluding hydrogens is 877 g/mol. The van der Waals surface area contributed by atoms with Gasteiger partial charge in [-0.3, -0.25) is 19.2 Å². The molecule has 9 rings (SSSR count). The highest BCUT2D eigenvalue weighted by Gasteiger charge is 2.56. The van der Waals surface area contributed by atoms with Crippen LogP contribution in [0.3, 0.4) is 0 Å². The van der Waals surface area contributed by atoms with Gasteiger partial charge in [0.25, 0.3) is 0 Å². The quantitative estimate of drug-likeness (QED) is 0.109. The van der Waals surface area contributed by atoms with Gasteiger partial charge in [0.05, 0.1) is 33.9 Å². The summed E-state index contributed by atoms with van der Waals surface area (Å²) >= 11 is 0. The van der Waals surface area contributed by atoms with Crippen LogP contribution in [0.5, 0.6) is 34.5 Å². The van der Waals surface area contributed by atoms with Gasteiger partial charge in [0.2, 0.25) is 11.5 Å². The van der Waals surface area contributed by atoms with Crippen molar-refractivity contribution in [3.8, 4) is 56.8 Å². The van der Waals surface area contributed by atoms with Crippen LogP contribution in [0.2, 0.25) is 0 Å². The Hall–Kier alpha value is -6.04. The number of rotatable bonds is 16. The van der Waals surface area contributed by atoms with Gasteiger partial charge < -0.3 is 38.6 Å². The Kier molecular flexibility index (Phi) is 15.0. The number of benzene rings is 4. The van der Waals surface area contributed by atoms with E-state index in [0.717, 1.165) is 95.9 Å². The fourth-order valence-corrected chi connectivity index (χ4v) is 12.1. The second kappa shape index (κ2) is 20.9. The Morgan fingerprint density at radius 1 is 0.594 bits per heavy atom. The highest BCUT2D eigenvalue weighted by atomic mass is 16.5. The summed E-state index contributed by atoms with van der Waals surface area (Å²) in [6.45, 7) is 3.56. The topological polar surface area (TPSA) is 164 Å². The maximum Gasteiger partial charge on any atom is 0.313 e. The van der Waals surface area contributed by atoms with E-state index in [-0.39, 0.29) is 30.0 Å². The van der Waals surface area contributed by atoms with Crippen LogP contribution < -0.4 is 28.4 Å². The first kappa shape index (κ1) is 49.4. The third kappa shape index (κ3) is 9.40. The predicted molar refractivity (Wildman–Crippen MR) is 263 cm³/mol. The van der Waals surface area contributed by atoms with Gasteiger partial charge in [-0.25, -0.2) is 0 Å². The number of hydrogen-bond donors (Lipinski definition) is 2. The van der Waals surface area contributed by atoms with Crippen LogP contribution >= 0.6 is 0 Å². The summed E-state index contributed by atoms with van der Waals surface area (Å²) in [5, 5.41) is 20.5. The molecule has 0 saturated heterocycles. The molecule has 5 aliphatic rings. The van der Waals surface area contributed by atoms with Gasteiger partial charge >= 0.3 is 11.9 Å². The Morgan fingerprint density at radius 2 is 1.09 bits per heavy atom. The molecule has 0 amide bonds. The van der Waals surface area contributed by atoms with Gasteiger partial charge in [0.15, 0.2) is 34.6 Å². The summed E-state index contributed by atoms with van der Waals surface area (Å²) in [5.74, 6) is 2.21. The van der Waals surface area contributed by atoms with Crippen molar-refractivity contribution in [3.05, 3.63) is 82.9 Å². The fourth-order valence-electron chi connectivity index (χ4n) is 12.1. The molecule has 12 heteroatoms. The van der Waals surface area contributed by atoms with Crippen LogP contribution in [-0.4, -0.2) is 74.9 Å². The number of Topliss-reactive ketones (excluding diaryl/α,β-unsaturated/α-hetero) is 2. The van der Waals surface area contributed by atoms with Gasteiger partial charge in [-0.2, -0.15) is 0 Å². The first-order valence-corrected chi connectivity index (χ1v) is 24.9. The lowest BCUT2D eigenvalue weighted by atomic mass is 9.54. The minimum atomic E-state index is -1.11.